The molecule has 5 rings (SSSR count). The first kappa shape index (κ1) is 28.0. The quantitative estimate of drug-likeness (QED) is 0.106. The number of likely N-dealkylation sites (tertiary alicyclic amines) is 1. The number of aromatic amines is 1. The monoisotopic (exact) mass is 595 g/mol. The topological polar surface area (TPSA) is 181 Å². The fourth-order valence-corrected chi connectivity index (χ4v) is 5.29. The molecule has 0 radical (unpaired) electrons. The normalized spacial score (nSPS) is 16.1. The van der Waals surface area contributed by atoms with Crippen LogP contribution in [0.1, 0.15) is 22.3 Å². The van der Waals surface area contributed by atoms with Crippen LogP contribution >= 0.6 is 23.2 Å². The molecule has 210 valence electrons. The van der Waals surface area contributed by atoms with E-state index in [2.05, 4.69) is 30.8 Å². The number of benzene rings is 2. The average molecular weight is 596 g/mol. The molecule has 1 amide bonds. The lowest BCUT2D eigenvalue weighted by Crippen LogP contribution is -2.48. The van der Waals surface area contributed by atoms with Crippen LogP contribution in [0, 0.1) is 11.5 Å². The van der Waals surface area contributed by atoms with Crippen molar-refractivity contribution in [3.63, 3.8) is 0 Å². The number of aliphatic imine (C=N–C) groups is 1. The molecule has 1 saturated heterocycles. The number of rotatable bonds is 7. The minimum atomic E-state index is -1.05. The van der Waals surface area contributed by atoms with E-state index < -0.39 is 23.6 Å². The van der Waals surface area contributed by atoms with Gasteiger partial charge in [-0.2, -0.15) is 10.4 Å². The van der Waals surface area contributed by atoms with E-state index in [1.165, 1.54) is 17.0 Å². The summed E-state index contributed by atoms with van der Waals surface area (Å²) in [6.07, 6.45) is 5.19. The molecule has 1 aliphatic rings. The highest BCUT2D eigenvalue weighted by molar-refractivity contribution is 6.43. The van der Waals surface area contributed by atoms with Gasteiger partial charge in [0.05, 0.1) is 57.2 Å². The highest BCUT2D eigenvalue weighted by Gasteiger charge is 2.26. The van der Waals surface area contributed by atoms with E-state index in [-0.39, 0.29) is 52.1 Å². The van der Waals surface area contributed by atoms with Gasteiger partial charge in [-0.1, -0.05) is 35.3 Å². The zero-order valence-corrected chi connectivity index (χ0v) is 22.9. The van der Waals surface area contributed by atoms with Crippen LogP contribution in [0.25, 0.3) is 21.8 Å². The molecule has 15 heteroatoms. The van der Waals surface area contributed by atoms with Crippen molar-refractivity contribution < 1.29 is 14.7 Å². The number of halogens is 2. The Morgan fingerprint density at radius 3 is 2.93 bits per heavy atom. The van der Waals surface area contributed by atoms with Gasteiger partial charge in [-0.25, -0.2) is 4.98 Å². The molecular formula is C26H23Cl2N9O4. The predicted molar refractivity (Wildman–Crippen MR) is 152 cm³/mol. The number of guanidine groups is 1. The Labute approximate surface area is 242 Å². The van der Waals surface area contributed by atoms with Gasteiger partial charge in [0.1, 0.15) is 12.3 Å². The zero-order chi connectivity index (χ0) is 29.1. The summed E-state index contributed by atoms with van der Waals surface area (Å²) in [5.41, 5.74) is 1.22. The first-order chi connectivity index (χ1) is 19.8. The summed E-state index contributed by atoms with van der Waals surface area (Å²) in [6.45, 7) is 0.888. The van der Waals surface area contributed by atoms with Crippen molar-refractivity contribution >= 4 is 63.2 Å². The third-order valence-electron chi connectivity index (χ3n) is 6.68. The number of nitrogens with zero attached hydrogens (tertiary/aromatic N) is 6. The number of amides is 1. The van der Waals surface area contributed by atoms with Crippen molar-refractivity contribution in [2.24, 2.45) is 4.99 Å². The van der Waals surface area contributed by atoms with Gasteiger partial charge in [0.15, 0.2) is 0 Å². The highest BCUT2D eigenvalue weighted by Crippen LogP contribution is 2.31. The second kappa shape index (κ2) is 11.9. The molecule has 1 fully saturated rings. The number of aldehydes is 1. The van der Waals surface area contributed by atoms with E-state index >= 15 is 0 Å². The van der Waals surface area contributed by atoms with Crippen molar-refractivity contribution in [2.75, 3.05) is 19.6 Å². The van der Waals surface area contributed by atoms with Gasteiger partial charge >= 0.3 is 0 Å². The highest BCUT2D eigenvalue weighted by atomic mass is 35.5. The molecule has 41 heavy (non-hydrogen) atoms. The lowest BCUT2D eigenvalue weighted by atomic mass is 10.1. The fraction of sp³-hybridized carbons (Fsp3) is 0.269. The Kier molecular flexibility index (Phi) is 8.16. The number of nitriles is 1. The number of aliphatic hydroxyl groups is 1. The molecule has 0 aliphatic carbocycles. The largest absolute Gasteiger partial charge is 0.391 e. The van der Waals surface area contributed by atoms with Crippen LogP contribution in [0.3, 0.4) is 0 Å². The Hall–Kier alpha value is -4.51. The van der Waals surface area contributed by atoms with E-state index in [0.29, 0.717) is 19.3 Å². The molecular weight excluding hydrogens is 573 g/mol. The lowest BCUT2D eigenvalue weighted by molar-refractivity contribution is -0.109. The molecule has 0 spiro atoms. The van der Waals surface area contributed by atoms with E-state index in [9.17, 15) is 19.5 Å². The summed E-state index contributed by atoms with van der Waals surface area (Å²) in [7, 11) is 0. The number of carbonyl (C=O) groups is 2. The number of aliphatic hydroxyl groups excluding tert-OH is 1. The first-order valence-electron chi connectivity index (χ1n) is 12.5. The third-order valence-corrected chi connectivity index (χ3v) is 7.34. The van der Waals surface area contributed by atoms with Gasteiger partial charge in [0.2, 0.25) is 12.2 Å². The number of hydrogen-bond acceptors (Lipinski definition) is 8. The molecule has 3 heterocycles. The number of aromatic nitrogens is 4. The van der Waals surface area contributed by atoms with Crippen LogP contribution in [-0.4, -0.2) is 79.7 Å². The second-order valence-corrected chi connectivity index (χ2v) is 10.2. The van der Waals surface area contributed by atoms with Crippen molar-refractivity contribution in [1.29, 1.82) is 5.26 Å². The van der Waals surface area contributed by atoms with Gasteiger partial charge in [-0.15, -0.1) is 4.99 Å². The average Bonchev–Trinajstić information content (AvgIpc) is 3.60. The van der Waals surface area contributed by atoms with E-state index in [1.807, 2.05) is 18.2 Å². The second-order valence-electron chi connectivity index (χ2n) is 9.43. The summed E-state index contributed by atoms with van der Waals surface area (Å²) >= 11 is 12.9. The molecule has 0 bridgehead atoms. The standard InChI is InChI=1S/C26H23Cl2N9O4/c27-19-6-18-23(32-13-37(25(18)41)9-14-1-2-15-7-33-35-20(15)5-14)22(28)21(19)24(40)34-16(11-38)8-30-26(31-12-29)36-4-3-17(39)10-36/h1-2,5-7,11,13,16-17,39H,3-4,8-10H2,(H,30,31)(H,33,35)(H,34,40)/t16-,17-/m0/s1. The van der Waals surface area contributed by atoms with Crippen molar-refractivity contribution in [2.45, 2.75) is 25.1 Å². The molecule has 1 aliphatic heterocycles. The van der Waals surface area contributed by atoms with Gasteiger partial charge in [0.25, 0.3) is 11.5 Å². The summed E-state index contributed by atoms with van der Waals surface area (Å²) in [5, 5.41) is 31.9. The van der Waals surface area contributed by atoms with Crippen molar-refractivity contribution in [3.05, 3.63) is 68.3 Å². The Balaban J connectivity index is 1.34. The number of fused-ring (bicyclic) bond motifs is 2. The van der Waals surface area contributed by atoms with Crippen LogP contribution in [0.5, 0.6) is 0 Å². The number of H-pyrrole nitrogens is 1. The smallest absolute Gasteiger partial charge is 0.261 e. The molecule has 2 atom stereocenters. The summed E-state index contributed by atoms with van der Waals surface area (Å²) in [4.78, 5) is 47.8. The van der Waals surface area contributed by atoms with E-state index in [1.54, 1.807) is 17.3 Å². The maximum absolute atomic E-state index is 13.3. The Morgan fingerprint density at radius 1 is 1.37 bits per heavy atom. The molecule has 2 aromatic carbocycles. The van der Waals surface area contributed by atoms with Gasteiger partial charge in [-0.05, 0) is 24.1 Å². The van der Waals surface area contributed by atoms with E-state index in [0.717, 1.165) is 16.5 Å². The predicted octanol–water partition coefficient (Wildman–Crippen LogP) is 1.42. The minimum Gasteiger partial charge on any atom is -0.391 e. The summed E-state index contributed by atoms with van der Waals surface area (Å²) in [6, 6.07) is 5.93. The number of hydrogen-bond donors (Lipinski definition) is 4. The van der Waals surface area contributed by atoms with Crippen molar-refractivity contribution in [3.8, 4) is 6.19 Å². The zero-order valence-electron chi connectivity index (χ0n) is 21.3. The fourth-order valence-electron chi connectivity index (χ4n) is 4.61. The molecule has 2 aromatic heterocycles. The van der Waals surface area contributed by atoms with Crippen molar-refractivity contribution in [1.82, 2.24) is 35.3 Å². The first-order valence-corrected chi connectivity index (χ1v) is 13.2. The van der Waals surface area contributed by atoms with Crippen LogP contribution in [0.15, 0.2) is 46.6 Å². The molecule has 4 aromatic rings. The van der Waals surface area contributed by atoms with Crippen LogP contribution in [0.2, 0.25) is 10.0 Å². The maximum atomic E-state index is 13.3. The molecule has 4 N–H and O–H groups in total. The molecule has 13 nitrogen and oxygen atoms in total. The minimum absolute atomic E-state index is 0.0864. The lowest BCUT2D eigenvalue weighted by Gasteiger charge is -2.22. The Bertz CT molecular complexity index is 1780. The maximum Gasteiger partial charge on any atom is 0.261 e. The van der Waals surface area contributed by atoms with E-state index in [4.69, 9.17) is 28.5 Å². The van der Waals surface area contributed by atoms with Crippen LogP contribution < -0.4 is 16.2 Å². The SMILES string of the molecule is N#C/N=C(\NC[C@@H](C=O)NC(=O)c1c(Cl)cc2c(=O)n(Cc3ccc4cn[nH]c4c3)cnc2c1Cl)N1CC[C@H](O)C1. The summed E-state index contributed by atoms with van der Waals surface area (Å²) in [5.74, 6) is -0.577. The number of carbonyl (C=O) groups excluding carboxylic acids is 2. The molecule has 0 unspecified atom stereocenters. The van der Waals surface area contributed by atoms with Gasteiger partial charge in [-0.3, -0.25) is 19.3 Å². The van der Waals surface area contributed by atoms with Crippen LogP contribution in [-0.2, 0) is 11.3 Å². The van der Waals surface area contributed by atoms with Gasteiger partial charge < -0.3 is 25.4 Å². The third kappa shape index (κ3) is 5.85. The molecule has 0 saturated carbocycles. The van der Waals surface area contributed by atoms with Gasteiger partial charge in [0, 0.05) is 25.0 Å². The van der Waals surface area contributed by atoms with Crippen LogP contribution in [0.4, 0.5) is 0 Å². The number of β-amino-alcohol motifs (C(OH)–C–C–N with tert-alkyl or cyclic N) is 1. The Morgan fingerprint density at radius 2 is 2.20 bits per heavy atom. The summed E-state index contributed by atoms with van der Waals surface area (Å²) < 4.78 is 1.40. The number of nitrogens with one attached hydrogen (secondary N) is 3.